The summed E-state index contributed by atoms with van der Waals surface area (Å²) in [4.78, 5) is 4.33. The molecule has 0 bridgehead atoms. The summed E-state index contributed by atoms with van der Waals surface area (Å²) in [6, 6.07) is 12.7. The Morgan fingerprint density at radius 2 is 1.95 bits per heavy atom. The van der Waals surface area contributed by atoms with Gasteiger partial charge >= 0.3 is 0 Å². The van der Waals surface area contributed by atoms with Gasteiger partial charge in [-0.25, -0.2) is 0 Å². The van der Waals surface area contributed by atoms with Crippen LogP contribution in [-0.2, 0) is 0 Å². The fourth-order valence-electron chi connectivity index (χ4n) is 1.92. The molecule has 0 aliphatic rings. The van der Waals surface area contributed by atoms with Crippen molar-refractivity contribution in [1.82, 2.24) is 10.1 Å². The zero-order chi connectivity index (χ0) is 14.1. The normalized spacial score (nSPS) is 10.7. The summed E-state index contributed by atoms with van der Waals surface area (Å²) in [6.45, 7) is 2.00. The molecule has 0 fully saturated rings. The monoisotopic (exact) mass is 267 g/mol. The molecule has 3 rings (SSSR count). The molecule has 0 saturated carbocycles. The topological polar surface area (TPSA) is 85.2 Å². The Morgan fingerprint density at radius 1 is 1.10 bits per heavy atom. The van der Waals surface area contributed by atoms with Crippen molar-refractivity contribution in [2.75, 3.05) is 5.73 Å². The SMILES string of the molecule is Cc1cccc(-c2noc(-c3ccc(N)c(O)c3)n2)c1. The van der Waals surface area contributed by atoms with Gasteiger partial charge in [0, 0.05) is 11.1 Å². The maximum Gasteiger partial charge on any atom is 0.258 e. The van der Waals surface area contributed by atoms with E-state index in [2.05, 4.69) is 10.1 Å². The average molecular weight is 267 g/mol. The number of anilines is 1. The molecule has 0 atom stereocenters. The second-order valence-electron chi connectivity index (χ2n) is 4.57. The van der Waals surface area contributed by atoms with Gasteiger partial charge in [0.15, 0.2) is 0 Å². The number of phenolic OH excluding ortho intramolecular Hbond substituents is 1. The second-order valence-corrected chi connectivity index (χ2v) is 4.57. The fourth-order valence-corrected chi connectivity index (χ4v) is 1.92. The lowest BCUT2D eigenvalue weighted by molar-refractivity contribution is 0.431. The Balaban J connectivity index is 1.99. The van der Waals surface area contributed by atoms with E-state index < -0.39 is 0 Å². The van der Waals surface area contributed by atoms with Crippen molar-refractivity contribution in [3.8, 4) is 28.6 Å². The molecule has 1 heterocycles. The smallest absolute Gasteiger partial charge is 0.258 e. The third-order valence-corrected chi connectivity index (χ3v) is 2.98. The highest BCUT2D eigenvalue weighted by Gasteiger charge is 2.11. The zero-order valence-electron chi connectivity index (χ0n) is 10.9. The minimum atomic E-state index is -0.00203. The highest BCUT2D eigenvalue weighted by atomic mass is 16.5. The zero-order valence-corrected chi connectivity index (χ0v) is 10.9. The van der Waals surface area contributed by atoms with Gasteiger partial charge in [-0.3, -0.25) is 0 Å². The number of nitrogens with two attached hydrogens (primary N) is 1. The summed E-state index contributed by atoms with van der Waals surface area (Å²) in [5, 5.41) is 13.6. The van der Waals surface area contributed by atoms with Crippen LogP contribution in [0.25, 0.3) is 22.8 Å². The molecular formula is C15H13N3O2. The molecule has 5 heteroatoms. The van der Waals surface area contributed by atoms with Gasteiger partial charge in [-0.2, -0.15) is 4.98 Å². The van der Waals surface area contributed by atoms with E-state index in [4.69, 9.17) is 10.3 Å². The Morgan fingerprint density at radius 3 is 2.70 bits per heavy atom. The molecule has 3 aromatic rings. The third kappa shape index (κ3) is 2.21. The maximum atomic E-state index is 9.61. The largest absolute Gasteiger partial charge is 0.506 e. The number of nitrogen functional groups attached to an aromatic ring is 1. The number of aryl methyl sites for hydroxylation is 1. The van der Waals surface area contributed by atoms with E-state index in [0.717, 1.165) is 11.1 Å². The molecule has 0 spiro atoms. The third-order valence-electron chi connectivity index (χ3n) is 2.98. The first-order valence-corrected chi connectivity index (χ1v) is 6.13. The summed E-state index contributed by atoms with van der Waals surface area (Å²) in [5.41, 5.74) is 8.52. The molecule has 5 nitrogen and oxygen atoms in total. The Kier molecular flexibility index (Phi) is 2.87. The lowest BCUT2D eigenvalue weighted by Crippen LogP contribution is -1.86. The van der Waals surface area contributed by atoms with Crippen LogP contribution in [0.15, 0.2) is 47.0 Å². The van der Waals surface area contributed by atoms with Crippen molar-refractivity contribution in [2.45, 2.75) is 6.92 Å². The lowest BCUT2D eigenvalue weighted by atomic mass is 10.1. The molecule has 2 aromatic carbocycles. The highest BCUT2D eigenvalue weighted by molar-refractivity contribution is 5.65. The Hall–Kier alpha value is -2.82. The second kappa shape index (κ2) is 4.70. The van der Waals surface area contributed by atoms with Crippen molar-refractivity contribution in [1.29, 1.82) is 0 Å². The van der Waals surface area contributed by atoms with E-state index in [-0.39, 0.29) is 5.75 Å². The lowest BCUT2D eigenvalue weighted by Gasteiger charge is -1.99. The van der Waals surface area contributed by atoms with Gasteiger partial charge < -0.3 is 15.4 Å². The van der Waals surface area contributed by atoms with Gasteiger partial charge in [-0.1, -0.05) is 28.9 Å². The van der Waals surface area contributed by atoms with E-state index >= 15 is 0 Å². The maximum absolute atomic E-state index is 9.61. The molecule has 20 heavy (non-hydrogen) atoms. The quantitative estimate of drug-likeness (QED) is 0.550. The van der Waals surface area contributed by atoms with Crippen LogP contribution >= 0.6 is 0 Å². The predicted molar refractivity (Wildman–Crippen MR) is 76.0 cm³/mol. The van der Waals surface area contributed by atoms with Crippen LogP contribution in [0.3, 0.4) is 0 Å². The summed E-state index contributed by atoms with van der Waals surface area (Å²) in [7, 11) is 0. The van der Waals surface area contributed by atoms with E-state index in [1.54, 1.807) is 12.1 Å². The minimum Gasteiger partial charge on any atom is -0.506 e. The number of hydrogen-bond acceptors (Lipinski definition) is 5. The van der Waals surface area contributed by atoms with Crippen LogP contribution < -0.4 is 5.73 Å². The molecular weight excluding hydrogens is 254 g/mol. The summed E-state index contributed by atoms with van der Waals surface area (Å²) < 4.78 is 5.23. The first-order chi connectivity index (χ1) is 9.63. The molecule has 0 unspecified atom stereocenters. The van der Waals surface area contributed by atoms with E-state index in [9.17, 15) is 5.11 Å². The van der Waals surface area contributed by atoms with Gasteiger partial charge in [0.25, 0.3) is 5.89 Å². The Labute approximate surface area is 115 Å². The van der Waals surface area contributed by atoms with Crippen molar-refractivity contribution in [3.05, 3.63) is 48.0 Å². The molecule has 0 saturated heterocycles. The Bertz CT molecular complexity index is 765. The van der Waals surface area contributed by atoms with Crippen LogP contribution in [-0.4, -0.2) is 15.2 Å². The number of aromatic hydroxyl groups is 1. The van der Waals surface area contributed by atoms with Crippen molar-refractivity contribution in [2.24, 2.45) is 0 Å². The molecule has 1 aromatic heterocycles. The standard InChI is InChI=1S/C15H13N3O2/c1-9-3-2-4-10(7-9)14-17-15(20-18-14)11-5-6-12(16)13(19)8-11/h2-8,19H,16H2,1H3. The van der Waals surface area contributed by atoms with Gasteiger partial charge in [0.05, 0.1) is 5.69 Å². The molecule has 100 valence electrons. The van der Waals surface area contributed by atoms with Gasteiger partial charge in [-0.15, -0.1) is 0 Å². The molecule has 3 N–H and O–H groups in total. The number of aromatic nitrogens is 2. The van der Waals surface area contributed by atoms with Crippen LogP contribution in [0.1, 0.15) is 5.56 Å². The molecule has 0 amide bonds. The average Bonchev–Trinajstić information content (AvgIpc) is 2.92. The van der Waals surface area contributed by atoms with Crippen LogP contribution in [0.5, 0.6) is 5.75 Å². The highest BCUT2D eigenvalue weighted by Crippen LogP contribution is 2.28. The summed E-state index contributed by atoms with van der Waals surface area (Å²) >= 11 is 0. The fraction of sp³-hybridized carbons (Fsp3) is 0.0667. The van der Waals surface area contributed by atoms with E-state index in [0.29, 0.717) is 23.0 Å². The number of phenols is 1. The van der Waals surface area contributed by atoms with E-state index in [1.807, 2.05) is 31.2 Å². The number of nitrogens with zero attached hydrogens (tertiary/aromatic N) is 2. The molecule has 0 radical (unpaired) electrons. The van der Waals surface area contributed by atoms with Crippen LogP contribution in [0.2, 0.25) is 0 Å². The number of benzene rings is 2. The number of rotatable bonds is 2. The molecule has 0 aliphatic heterocycles. The summed E-state index contributed by atoms with van der Waals surface area (Å²) in [6.07, 6.45) is 0. The van der Waals surface area contributed by atoms with Gasteiger partial charge in [0.1, 0.15) is 5.75 Å². The van der Waals surface area contributed by atoms with E-state index in [1.165, 1.54) is 6.07 Å². The first-order valence-electron chi connectivity index (χ1n) is 6.13. The van der Waals surface area contributed by atoms with Crippen LogP contribution in [0.4, 0.5) is 5.69 Å². The van der Waals surface area contributed by atoms with Gasteiger partial charge in [-0.05, 0) is 31.2 Å². The van der Waals surface area contributed by atoms with Crippen molar-refractivity contribution < 1.29 is 9.63 Å². The summed E-state index contributed by atoms with van der Waals surface area (Å²) in [5.74, 6) is 0.856. The van der Waals surface area contributed by atoms with Crippen molar-refractivity contribution in [3.63, 3.8) is 0 Å². The van der Waals surface area contributed by atoms with Crippen molar-refractivity contribution >= 4 is 5.69 Å². The predicted octanol–water partition coefficient (Wildman–Crippen LogP) is 3.00. The van der Waals surface area contributed by atoms with Crippen LogP contribution in [0, 0.1) is 6.92 Å². The molecule has 0 aliphatic carbocycles. The number of hydrogen-bond donors (Lipinski definition) is 2. The minimum absolute atomic E-state index is 0.00203. The first kappa shape index (κ1) is 12.2. The van der Waals surface area contributed by atoms with Gasteiger partial charge in [0.2, 0.25) is 5.82 Å².